The van der Waals surface area contributed by atoms with E-state index in [1.165, 1.54) is 0 Å². The molecule has 1 N–H and O–H groups in total. The van der Waals surface area contributed by atoms with Crippen molar-refractivity contribution in [1.29, 1.82) is 0 Å². The summed E-state index contributed by atoms with van der Waals surface area (Å²) in [7, 11) is 1.56. The molecule has 122 valence electrons. The largest absolute Gasteiger partial charge is 0.494 e. The van der Waals surface area contributed by atoms with Crippen LogP contribution in [0.4, 0.5) is 0 Å². The van der Waals surface area contributed by atoms with Crippen LogP contribution in [0.2, 0.25) is 0 Å². The van der Waals surface area contributed by atoms with Crippen molar-refractivity contribution in [2.24, 2.45) is 0 Å². The van der Waals surface area contributed by atoms with Crippen LogP contribution in [-0.4, -0.2) is 42.5 Å². The first-order valence-corrected chi connectivity index (χ1v) is 7.89. The first-order chi connectivity index (χ1) is 11.2. The van der Waals surface area contributed by atoms with Crippen LogP contribution in [0.1, 0.15) is 35.3 Å². The molecule has 1 aromatic carbocycles. The third-order valence-corrected chi connectivity index (χ3v) is 4.02. The molecule has 0 spiro atoms. The molecule has 1 unspecified atom stereocenters. The number of aromatic nitrogens is 2. The normalized spacial score (nSPS) is 17.9. The molecule has 1 aliphatic rings. The maximum atomic E-state index is 12.4. The van der Waals surface area contributed by atoms with Crippen LogP contribution in [0.15, 0.2) is 18.2 Å². The van der Waals surface area contributed by atoms with Gasteiger partial charge in [-0.15, -0.1) is 5.10 Å². The number of rotatable bonds is 4. The maximum absolute atomic E-state index is 12.4. The molecule has 0 aliphatic carbocycles. The molecule has 1 aromatic heterocycles. The highest BCUT2D eigenvalue weighted by molar-refractivity contribution is 5.99. The van der Waals surface area contributed by atoms with Crippen LogP contribution >= 0.6 is 0 Å². The van der Waals surface area contributed by atoms with Crippen LogP contribution in [0.25, 0.3) is 10.9 Å². The highest BCUT2D eigenvalue weighted by Gasteiger charge is 2.17. The molecule has 0 saturated carbocycles. The van der Waals surface area contributed by atoms with Gasteiger partial charge in [-0.05, 0) is 44.4 Å². The van der Waals surface area contributed by atoms with Gasteiger partial charge in [-0.25, -0.2) is 0 Å². The number of benzene rings is 1. The molecule has 23 heavy (non-hydrogen) atoms. The van der Waals surface area contributed by atoms with Gasteiger partial charge in [0.1, 0.15) is 11.3 Å². The Bertz CT molecular complexity index is 712. The van der Waals surface area contributed by atoms with Crippen LogP contribution in [0.3, 0.4) is 0 Å². The molecule has 0 radical (unpaired) electrons. The van der Waals surface area contributed by atoms with Gasteiger partial charge < -0.3 is 14.8 Å². The maximum Gasteiger partial charge on any atom is 0.251 e. The van der Waals surface area contributed by atoms with Crippen molar-refractivity contribution in [1.82, 2.24) is 15.5 Å². The van der Waals surface area contributed by atoms with E-state index in [1.54, 1.807) is 13.2 Å². The SMILES string of the molecule is COc1cc(C(=O)NCC2CCCCO2)cc2cc(C)nnc12. The van der Waals surface area contributed by atoms with Crippen molar-refractivity contribution >= 4 is 16.8 Å². The van der Waals surface area contributed by atoms with Gasteiger partial charge in [0.2, 0.25) is 0 Å². The molecule has 1 fully saturated rings. The minimum atomic E-state index is -0.131. The van der Waals surface area contributed by atoms with Crippen LogP contribution in [0, 0.1) is 6.92 Å². The summed E-state index contributed by atoms with van der Waals surface area (Å²) in [5.74, 6) is 0.419. The summed E-state index contributed by atoms with van der Waals surface area (Å²) >= 11 is 0. The summed E-state index contributed by atoms with van der Waals surface area (Å²) < 4.78 is 11.0. The zero-order valence-corrected chi connectivity index (χ0v) is 13.5. The predicted octanol–water partition coefficient (Wildman–Crippen LogP) is 2.25. The number of nitrogens with one attached hydrogen (secondary N) is 1. The Balaban J connectivity index is 1.79. The number of carbonyl (C=O) groups excluding carboxylic acids is 1. The summed E-state index contributed by atoms with van der Waals surface area (Å²) in [5.41, 5.74) is 2.01. The lowest BCUT2D eigenvalue weighted by Gasteiger charge is -2.22. The zero-order valence-electron chi connectivity index (χ0n) is 13.5. The molecular weight excluding hydrogens is 294 g/mol. The number of fused-ring (bicyclic) bond motifs is 1. The summed E-state index contributed by atoms with van der Waals surface area (Å²) in [6.07, 6.45) is 3.37. The van der Waals surface area contributed by atoms with Crippen LogP contribution < -0.4 is 10.1 Å². The molecule has 3 rings (SSSR count). The number of hydrogen-bond acceptors (Lipinski definition) is 5. The Labute approximate surface area is 135 Å². The van der Waals surface area contributed by atoms with E-state index in [4.69, 9.17) is 9.47 Å². The second kappa shape index (κ2) is 6.91. The number of carbonyl (C=O) groups is 1. The molecule has 2 heterocycles. The zero-order chi connectivity index (χ0) is 16.2. The van der Waals surface area contributed by atoms with Crippen molar-refractivity contribution in [3.63, 3.8) is 0 Å². The molecule has 0 bridgehead atoms. The summed E-state index contributed by atoms with van der Waals surface area (Å²) in [4.78, 5) is 12.4. The van der Waals surface area contributed by atoms with Crippen LogP contribution in [0.5, 0.6) is 5.75 Å². The lowest BCUT2D eigenvalue weighted by Crippen LogP contribution is -2.35. The van der Waals surface area contributed by atoms with E-state index in [0.717, 1.165) is 36.9 Å². The number of aryl methyl sites for hydroxylation is 1. The monoisotopic (exact) mass is 315 g/mol. The third kappa shape index (κ3) is 3.59. The first kappa shape index (κ1) is 15.7. The number of nitrogens with zero attached hydrogens (tertiary/aromatic N) is 2. The fourth-order valence-corrected chi connectivity index (χ4v) is 2.79. The topological polar surface area (TPSA) is 73.3 Å². The minimum absolute atomic E-state index is 0.114. The average Bonchev–Trinajstić information content (AvgIpc) is 2.59. The van der Waals surface area contributed by atoms with Gasteiger partial charge in [-0.1, -0.05) is 0 Å². The van der Waals surface area contributed by atoms with E-state index < -0.39 is 0 Å². The van der Waals surface area contributed by atoms with Gasteiger partial charge in [-0.2, -0.15) is 5.10 Å². The lowest BCUT2D eigenvalue weighted by atomic mass is 10.1. The second-order valence-corrected chi connectivity index (χ2v) is 5.80. The van der Waals surface area contributed by atoms with E-state index in [2.05, 4.69) is 15.5 Å². The van der Waals surface area contributed by atoms with Gasteiger partial charge in [0.05, 0.1) is 18.9 Å². The van der Waals surface area contributed by atoms with Crippen molar-refractivity contribution in [2.75, 3.05) is 20.3 Å². The Hall–Kier alpha value is -2.21. The van der Waals surface area contributed by atoms with Gasteiger partial charge in [-0.3, -0.25) is 4.79 Å². The Morgan fingerprint density at radius 2 is 2.22 bits per heavy atom. The van der Waals surface area contributed by atoms with E-state index in [9.17, 15) is 4.79 Å². The van der Waals surface area contributed by atoms with Gasteiger partial charge in [0.25, 0.3) is 5.91 Å². The van der Waals surface area contributed by atoms with E-state index in [-0.39, 0.29) is 12.0 Å². The van der Waals surface area contributed by atoms with Crippen molar-refractivity contribution in [3.05, 3.63) is 29.5 Å². The Kier molecular flexibility index (Phi) is 4.71. The lowest BCUT2D eigenvalue weighted by molar-refractivity contribution is 0.0169. The van der Waals surface area contributed by atoms with Gasteiger partial charge >= 0.3 is 0 Å². The third-order valence-electron chi connectivity index (χ3n) is 4.02. The quantitative estimate of drug-likeness (QED) is 0.937. The number of hydrogen-bond donors (Lipinski definition) is 1. The van der Waals surface area contributed by atoms with Gasteiger partial charge in [0, 0.05) is 24.1 Å². The highest BCUT2D eigenvalue weighted by Crippen LogP contribution is 2.25. The number of ether oxygens (including phenoxy) is 2. The summed E-state index contributed by atoms with van der Waals surface area (Å²) in [6, 6.07) is 5.41. The van der Waals surface area contributed by atoms with Crippen molar-refractivity contribution in [2.45, 2.75) is 32.3 Å². The summed E-state index contributed by atoms with van der Waals surface area (Å²) in [6.45, 7) is 3.18. The average molecular weight is 315 g/mol. The second-order valence-electron chi connectivity index (χ2n) is 5.80. The number of amides is 1. The smallest absolute Gasteiger partial charge is 0.251 e. The molecule has 6 heteroatoms. The fraction of sp³-hybridized carbons (Fsp3) is 0.471. The van der Waals surface area contributed by atoms with E-state index >= 15 is 0 Å². The molecule has 1 amide bonds. The summed E-state index contributed by atoms with van der Waals surface area (Å²) in [5, 5.41) is 12.0. The number of methoxy groups -OCH3 is 1. The fourth-order valence-electron chi connectivity index (χ4n) is 2.79. The molecule has 1 aliphatic heterocycles. The van der Waals surface area contributed by atoms with Crippen molar-refractivity contribution < 1.29 is 14.3 Å². The molecule has 1 atom stereocenters. The standard InChI is InChI=1S/C17H21N3O3/c1-11-7-12-8-13(9-15(22-2)16(12)20-19-11)17(21)18-10-14-5-3-4-6-23-14/h7-9,14H,3-6,10H2,1-2H3,(H,18,21). The Morgan fingerprint density at radius 3 is 2.96 bits per heavy atom. The highest BCUT2D eigenvalue weighted by atomic mass is 16.5. The molecule has 6 nitrogen and oxygen atoms in total. The Morgan fingerprint density at radius 1 is 1.35 bits per heavy atom. The first-order valence-electron chi connectivity index (χ1n) is 7.89. The van der Waals surface area contributed by atoms with Gasteiger partial charge in [0.15, 0.2) is 0 Å². The molecular formula is C17H21N3O3. The van der Waals surface area contributed by atoms with E-state index in [0.29, 0.717) is 23.4 Å². The minimum Gasteiger partial charge on any atom is -0.494 e. The van der Waals surface area contributed by atoms with Crippen molar-refractivity contribution in [3.8, 4) is 5.75 Å². The predicted molar refractivity (Wildman–Crippen MR) is 86.8 cm³/mol. The van der Waals surface area contributed by atoms with E-state index in [1.807, 2.05) is 19.1 Å². The molecule has 1 saturated heterocycles. The van der Waals surface area contributed by atoms with Crippen LogP contribution in [-0.2, 0) is 4.74 Å². The molecule has 2 aromatic rings.